The largest absolute Gasteiger partial charge is 0.467 e. The van der Waals surface area contributed by atoms with E-state index in [4.69, 9.17) is 4.74 Å². The molecule has 3 N–H and O–H groups in total. The molecule has 1 heterocycles. The molecule has 0 unspecified atom stereocenters. The number of nitrogens with one attached hydrogen (secondary N) is 3. The van der Waals surface area contributed by atoms with Gasteiger partial charge in [-0.05, 0) is 23.6 Å². The number of rotatable bonds is 9. The van der Waals surface area contributed by atoms with Crippen LogP contribution < -0.4 is 10.0 Å². The third-order valence-electron chi connectivity index (χ3n) is 4.86. The fourth-order valence-corrected chi connectivity index (χ4v) is 4.13. The van der Waals surface area contributed by atoms with Crippen molar-refractivity contribution in [2.75, 3.05) is 13.4 Å². The number of fused-ring (bicyclic) bond motifs is 1. The van der Waals surface area contributed by atoms with E-state index in [1.54, 1.807) is 6.20 Å². The number of hydrogen-bond donors (Lipinski definition) is 3. The lowest BCUT2D eigenvalue weighted by atomic mass is 10.0. The zero-order valence-corrected chi connectivity index (χ0v) is 18.1. The number of methoxy groups -OCH3 is 1. The minimum Gasteiger partial charge on any atom is -0.467 e. The van der Waals surface area contributed by atoms with Gasteiger partial charge in [0.05, 0.1) is 13.4 Å². The highest BCUT2D eigenvalue weighted by Crippen LogP contribution is 2.19. The van der Waals surface area contributed by atoms with E-state index in [0.717, 1.165) is 28.3 Å². The van der Waals surface area contributed by atoms with Crippen LogP contribution in [0.25, 0.3) is 10.9 Å². The van der Waals surface area contributed by atoms with Crippen LogP contribution in [0.15, 0.2) is 60.8 Å². The molecular weight excluding hydrogens is 418 g/mol. The van der Waals surface area contributed by atoms with Gasteiger partial charge in [-0.2, -0.15) is 0 Å². The predicted molar refractivity (Wildman–Crippen MR) is 118 cm³/mol. The third kappa shape index (κ3) is 6.16. The summed E-state index contributed by atoms with van der Waals surface area (Å²) in [5.74, 6) is -1.22. The molecule has 0 saturated heterocycles. The van der Waals surface area contributed by atoms with Crippen molar-refractivity contribution in [2.45, 2.75) is 24.9 Å². The highest BCUT2D eigenvalue weighted by Gasteiger charge is 2.29. The van der Waals surface area contributed by atoms with Gasteiger partial charge >= 0.3 is 5.97 Å². The number of H-pyrrole nitrogens is 1. The van der Waals surface area contributed by atoms with Crippen LogP contribution in [0.5, 0.6) is 0 Å². The molecule has 0 aliphatic carbocycles. The fourth-order valence-electron chi connectivity index (χ4n) is 3.42. The van der Waals surface area contributed by atoms with Crippen LogP contribution in [-0.2, 0) is 37.2 Å². The van der Waals surface area contributed by atoms with Crippen molar-refractivity contribution in [3.05, 3.63) is 71.9 Å². The molecule has 9 heteroatoms. The van der Waals surface area contributed by atoms with Gasteiger partial charge in [0.25, 0.3) is 0 Å². The number of benzene rings is 2. The van der Waals surface area contributed by atoms with Gasteiger partial charge in [-0.1, -0.05) is 48.5 Å². The van der Waals surface area contributed by atoms with E-state index in [9.17, 15) is 18.0 Å². The average molecular weight is 444 g/mol. The maximum absolute atomic E-state index is 13.0. The van der Waals surface area contributed by atoms with Crippen molar-refractivity contribution < 1.29 is 22.7 Å². The van der Waals surface area contributed by atoms with Gasteiger partial charge in [-0.25, -0.2) is 17.9 Å². The monoisotopic (exact) mass is 443 g/mol. The van der Waals surface area contributed by atoms with Crippen LogP contribution in [0.1, 0.15) is 11.1 Å². The highest BCUT2D eigenvalue weighted by atomic mass is 32.2. The summed E-state index contributed by atoms with van der Waals surface area (Å²) in [7, 11) is -2.44. The lowest BCUT2D eigenvalue weighted by molar-refractivity contribution is -0.145. The second-order valence-electron chi connectivity index (χ2n) is 7.28. The number of aromatic amines is 1. The van der Waals surface area contributed by atoms with Crippen molar-refractivity contribution in [1.82, 2.24) is 15.0 Å². The average Bonchev–Trinajstić information content (AvgIpc) is 3.15. The molecule has 1 aromatic heterocycles. The van der Waals surface area contributed by atoms with Gasteiger partial charge < -0.3 is 15.0 Å². The van der Waals surface area contributed by atoms with Gasteiger partial charge in [0, 0.05) is 23.5 Å². The number of sulfonamides is 1. The maximum atomic E-state index is 13.0. The molecule has 31 heavy (non-hydrogen) atoms. The van der Waals surface area contributed by atoms with Crippen LogP contribution in [-0.4, -0.2) is 50.7 Å². The molecule has 1 amide bonds. The first-order chi connectivity index (χ1) is 14.8. The van der Waals surface area contributed by atoms with Crippen molar-refractivity contribution in [3.8, 4) is 0 Å². The Hall–Kier alpha value is -3.17. The number of para-hydroxylation sites is 1. The van der Waals surface area contributed by atoms with Gasteiger partial charge in [-0.3, -0.25) is 4.79 Å². The Morgan fingerprint density at radius 1 is 1.00 bits per heavy atom. The summed E-state index contributed by atoms with van der Waals surface area (Å²) in [6, 6.07) is 14.7. The van der Waals surface area contributed by atoms with Gasteiger partial charge in [0.1, 0.15) is 12.1 Å². The van der Waals surface area contributed by atoms with E-state index < -0.39 is 34.0 Å². The number of hydrogen-bond acceptors (Lipinski definition) is 5. The zero-order valence-electron chi connectivity index (χ0n) is 17.3. The first kappa shape index (κ1) is 22.5. The molecule has 0 saturated carbocycles. The van der Waals surface area contributed by atoms with Crippen molar-refractivity contribution in [1.29, 1.82) is 0 Å². The number of ether oxygens (including phenoxy) is 1. The number of aromatic nitrogens is 1. The highest BCUT2D eigenvalue weighted by molar-refractivity contribution is 7.88. The topological polar surface area (TPSA) is 117 Å². The Morgan fingerprint density at radius 2 is 1.68 bits per heavy atom. The number of esters is 1. The van der Waals surface area contributed by atoms with E-state index in [0.29, 0.717) is 0 Å². The predicted octanol–water partition coefficient (Wildman–Crippen LogP) is 1.53. The SMILES string of the molecule is COC(=O)[C@H](Cc1ccccc1)NC(=O)[C@@H](Cc1c[nH]c2ccccc12)NS(C)(=O)=O. The second-order valence-corrected chi connectivity index (χ2v) is 9.06. The first-order valence-corrected chi connectivity index (χ1v) is 11.6. The molecule has 0 fully saturated rings. The normalized spacial score (nSPS) is 13.5. The molecule has 0 bridgehead atoms. The molecule has 0 spiro atoms. The Balaban J connectivity index is 1.83. The second kappa shape index (κ2) is 9.76. The molecule has 3 rings (SSSR count). The molecule has 8 nitrogen and oxygen atoms in total. The molecule has 0 radical (unpaired) electrons. The number of carbonyl (C=O) groups is 2. The molecular formula is C22H25N3O5S. The van der Waals surface area contributed by atoms with Gasteiger partial charge in [0.2, 0.25) is 15.9 Å². The Morgan fingerprint density at radius 3 is 2.35 bits per heavy atom. The van der Waals surface area contributed by atoms with Gasteiger partial charge in [0.15, 0.2) is 0 Å². The standard InChI is InChI=1S/C22H25N3O5S/c1-30-22(27)20(12-15-8-4-3-5-9-15)24-21(26)19(25-31(2,28)29)13-16-14-23-18-11-7-6-10-17(16)18/h3-11,14,19-20,23,25H,12-13H2,1-2H3,(H,24,26)/t19-,20+/m1/s1. The summed E-state index contributed by atoms with van der Waals surface area (Å²) in [6.45, 7) is 0. The van der Waals surface area contributed by atoms with Crippen molar-refractivity contribution >= 4 is 32.8 Å². The van der Waals surface area contributed by atoms with E-state index in [1.165, 1.54) is 7.11 Å². The molecule has 0 aliphatic rings. The zero-order chi connectivity index (χ0) is 22.4. The number of amides is 1. The summed E-state index contributed by atoms with van der Waals surface area (Å²) in [5.41, 5.74) is 2.50. The summed E-state index contributed by atoms with van der Waals surface area (Å²) < 4.78 is 31.0. The van der Waals surface area contributed by atoms with E-state index in [1.807, 2.05) is 54.6 Å². The maximum Gasteiger partial charge on any atom is 0.328 e. The van der Waals surface area contributed by atoms with Gasteiger partial charge in [-0.15, -0.1) is 0 Å². The number of carbonyl (C=O) groups excluding carboxylic acids is 2. The van der Waals surface area contributed by atoms with Crippen LogP contribution in [0.4, 0.5) is 0 Å². The Kier molecular flexibility index (Phi) is 7.09. The minimum atomic E-state index is -3.68. The van der Waals surface area contributed by atoms with Crippen LogP contribution in [0.2, 0.25) is 0 Å². The summed E-state index contributed by atoms with van der Waals surface area (Å²) in [4.78, 5) is 28.4. The Labute approximate surface area is 181 Å². The quantitative estimate of drug-likeness (QED) is 0.434. The lowest BCUT2D eigenvalue weighted by Crippen LogP contribution is -2.53. The van der Waals surface area contributed by atoms with Crippen LogP contribution in [0.3, 0.4) is 0 Å². The van der Waals surface area contributed by atoms with Crippen molar-refractivity contribution in [2.24, 2.45) is 0 Å². The summed E-state index contributed by atoms with van der Waals surface area (Å²) >= 11 is 0. The molecule has 164 valence electrons. The molecule has 2 aromatic carbocycles. The molecule has 2 atom stereocenters. The van der Waals surface area contributed by atoms with Crippen LogP contribution >= 0.6 is 0 Å². The first-order valence-electron chi connectivity index (χ1n) is 9.71. The fraction of sp³-hybridized carbons (Fsp3) is 0.273. The third-order valence-corrected chi connectivity index (χ3v) is 5.57. The minimum absolute atomic E-state index is 0.113. The Bertz CT molecular complexity index is 1160. The van der Waals surface area contributed by atoms with Crippen LogP contribution in [0, 0.1) is 0 Å². The van der Waals surface area contributed by atoms with E-state index in [2.05, 4.69) is 15.0 Å². The molecule has 3 aromatic rings. The lowest BCUT2D eigenvalue weighted by Gasteiger charge is -2.22. The summed E-state index contributed by atoms with van der Waals surface area (Å²) in [6.07, 6.45) is 3.07. The molecule has 0 aliphatic heterocycles. The van der Waals surface area contributed by atoms with Crippen molar-refractivity contribution in [3.63, 3.8) is 0 Å². The smallest absolute Gasteiger partial charge is 0.328 e. The van der Waals surface area contributed by atoms with E-state index in [-0.39, 0.29) is 12.8 Å². The van der Waals surface area contributed by atoms with E-state index >= 15 is 0 Å². The summed E-state index contributed by atoms with van der Waals surface area (Å²) in [5, 5.41) is 3.54.